The molecule has 1 N–H and O–H groups in total. The lowest BCUT2D eigenvalue weighted by atomic mass is 10.0. The van der Waals surface area contributed by atoms with Crippen LogP contribution in [-0.2, 0) is 25.4 Å². The largest absolute Gasteiger partial charge is 0.465 e. The molecule has 206 valence electrons. The number of pyridine rings is 1. The highest BCUT2D eigenvalue weighted by Crippen LogP contribution is 2.46. The summed E-state index contributed by atoms with van der Waals surface area (Å²) in [5, 5.41) is 3.75. The molecule has 0 atom stereocenters. The van der Waals surface area contributed by atoms with E-state index in [-0.39, 0.29) is 38.4 Å². The molecule has 0 aliphatic carbocycles. The van der Waals surface area contributed by atoms with Crippen LogP contribution in [0.2, 0.25) is 0 Å². The fourth-order valence-corrected chi connectivity index (χ4v) is 4.63. The maximum atomic E-state index is 13.7. The van der Waals surface area contributed by atoms with Crippen molar-refractivity contribution >= 4 is 29.6 Å². The first-order valence-electron chi connectivity index (χ1n) is 12.1. The van der Waals surface area contributed by atoms with Gasteiger partial charge in [-0.2, -0.15) is 0 Å². The standard InChI is InChI=1S/C27H35FN3O6P/c1-19-25(27(37-18-35-3)22-7-6-12-30-24(22)26(19)36-17-34-2)31(13-14-38(4,5)33)23(32)16-29-15-20-8-10-21(28)11-9-20/h6-12,29H,13-18H2,1-5H3. The van der Waals surface area contributed by atoms with Crippen LogP contribution in [0.5, 0.6) is 11.5 Å². The molecule has 0 bridgehead atoms. The number of hydrogen-bond acceptors (Lipinski definition) is 8. The monoisotopic (exact) mass is 547 g/mol. The Bertz CT molecular complexity index is 1280. The zero-order valence-corrected chi connectivity index (χ0v) is 23.3. The number of carbonyl (C=O) groups excluding carboxylic acids is 1. The van der Waals surface area contributed by atoms with Crippen LogP contribution < -0.4 is 19.7 Å². The molecule has 0 unspecified atom stereocenters. The molecule has 0 radical (unpaired) electrons. The molecular formula is C27H35FN3O6P. The molecule has 0 fully saturated rings. The van der Waals surface area contributed by atoms with Gasteiger partial charge in [0.05, 0.1) is 19.4 Å². The first-order valence-corrected chi connectivity index (χ1v) is 14.9. The van der Waals surface area contributed by atoms with Gasteiger partial charge in [0.1, 0.15) is 11.3 Å². The third-order valence-electron chi connectivity index (χ3n) is 5.77. The van der Waals surface area contributed by atoms with Gasteiger partial charge in [0, 0.05) is 50.6 Å². The number of ether oxygens (including phenoxy) is 4. The van der Waals surface area contributed by atoms with E-state index in [1.165, 1.54) is 26.4 Å². The van der Waals surface area contributed by atoms with E-state index in [4.69, 9.17) is 18.9 Å². The summed E-state index contributed by atoms with van der Waals surface area (Å²) in [6, 6.07) is 9.66. The minimum atomic E-state index is -2.47. The average molecular weight is 548 g/mol. The number of aromatic nitrogens is 1. The van der Waals surface area contributed by atoms with E-state index >= 15 is 0 Å². The molecule has 38 heavy (non-hydrogen) atoms. The summed E-state index contributed by atoms with van der Waals surface area (Å²) >= 11 is 0. The summed E-state index contributed by atoms with van der Waals surface area (Å²) in [6.07, 6.45) is 1.95. The summed E-state index contributed by atoms with van der Waals surface area (Å²) in [5.74, 6) is 0.282. The third-order valence-corrected chi connectivity index (χ3v) is 7.05. The van der Waals surface area contributed by atoms with Gasteiger partial charge >= 0.3 is 0 Å². The second-order valence-electron chi connectivity index (χ2n) is 9.21. The average Bonchev–Trinajstić information content (AvgIpc) is 2.88. The first-order chi connectivity index (χ1) is 18.2. The predicted octanol–water partition coefficient (Wildman–Crippen LogP) is 4.39. The normalized spacial score (nSPS) is 11.5. The van der Waals surface area contributed by atoms with Crippen molar-refractivity contribution in [3.8, 4) is 11.5 Å². The number of amides is 1. The fourth-order valence-electron chi connectivity index (χ4n) is 3.95. The number of methoxy groups -OCH3 is 2. The fraction of sp³-hybridized carbons (Fsp3) is 0.407. The van der Waals surface area contributed by atoms with Gasteiger partial charge in [-0.05, 0) is 50.1 Å². The number of rotatable bonds is 14. The number of nitrogens with one attached hydrogen (secondary N) is 1. The lowest BCUT2D eigenvalue weighted by molar-refractivity contribution is -0.117. The Hall–Kier alpha value is -3.04. The number of halogens is 1. The quantitative estimate of drug-likeness (QED) is 0.234. The Balaban J connectivity index is 2.06. The number of carbonyl (C=O) groups is 1. The van der Waals surface area contributed by atoms with Crippen LogP contribution in [0.1, 0.15) is 11.1 Å². The number of nitrogens with zero attached hydrogens (tertiary/aromatic N) is 2. The summed E-state index contributed by atoms with van der Waals surface area (Å²) in [7, 11) is 0.562. The lowest BCUT2D eigenvalue weighted by Gasteiger charge is -2.29. The molecule has 0 spiro atoms. The van der Waals surface area contributed by atoms with Gasteiger partial charge in [0.15, 0.2) is 25.1 Å². The van der Waals surface area contributed by atoms with Gasteiger partial charge in [-0.25, -0.2) is 4.39 Å². The molecule has 0 aliphatic rings. The molecule has 11 heteroatoms. The van der Waals surface area contributed by atoms with E-state index in [0.717, 1.165) is 5.56 Å². The third kappa shape index (κ3) is 7.74. The zero-order valence-electron chi connectivity index (χ0n) is 22.5. The highest BCUT2D eigenvalue weighted by atomic mass is 31.2. The minimum Gasteiger partial charge on any atom is -0.465 e. The van der Waals surface area contributed by atoms with E-state index in [1.807, 2.05) is 13.0 Å². The van der Waals surface area contributed by atoms with E-state index in [1.54, 1.807) is 42.6 Å². The van der Waals surface area contributed by atoms with Crippen molar-refractivity contribution in [2.45, 2.75) is 13.5 Å². The molecule has 0 aliphatic heterocycles. The Morgan fingerprint density at radius 1 is 1.05 bits per heavy atom. The number of hydrogen-bond donors (Lipinski definition) is 1. The summed E-state index contributed by atoms with van der Waals surface area (Å²) < 4.78 is 48.2. The van der Waals surface area contributed by atoms with Crippen molar-refractivity contribution in [3.63, 3.8) is 0 Å². The maximum Gasteiger partial charge on any atom is 0.241 e. The maximum absolute atomic E-state index is 13.7. The molecule has 1 heterocycles. The number of fused-ring (bicyclic) bond motifs is 1. The van der Waals surface area contributed by atoms with E-state index < -0.39 is 7.14 Å². The van der Waals surface area contributed by atoms with Gasteiger partial charge in [-0.3, -0.25) is 9.78 Å². The second-order valence-corrected chi connectivity index (χ2v) is 12.8. The second kappa shape index (κ2) is 13.7. The summed E-state index contributed by atoms with van der Waals surface area (Å²) in [6.45, 7) is 5.67. The Morgan fingerprint density at radius 2 is 1.71 bits per heavy atom. The molecular weight excluding hydrogens is 512 g/mol. The van der Waals surface area contributed by atoms with E-state index in [9.17, 15) is 13.8 Å². The molecule has 1 aromatic heterocycles. The summed E-state index contributed by atoms with van der Waals surface area (Å²) in [5.41, 5.74) is 2.49. The molecule has 2 aromatic carbocycles. The van der Waals surface area contributed by atoms with Gasteiger partial charge < -0.3 is 33.7 Å². The highest BCUT2D eigenvalue weighted by Gasteiger charge is 2.28. The van der Waals surface area contributed by atoms with Crippen molar-refractivity contribution in [1.82, 2.24) is 10.3 Å². The van der Waals surface area contributed by atoms with Crippen molar-refractivity contribution in [3.05, 3.63) is 59.5 Å². The van der Waals surface area contributed by atoms with Crippen molar-refractivity contribution in [1.29, 1.82) is 0 Å². The number of anilines is 1. The van der Waals surface area contributed by atoms with E-state index in [0.29, 0.717) is 46.4 Å². The van der Waals surface area contributed by atoms with Crippen molar-refractivity contribution in [2.75, 3.05) is 65.3 Å². The summed E-state index contributed by atoms with van der Waals surface area (Å²) in [4.78, 5) is 19.8. The zero-order chi connectivity index (χ0) is 27.7. The van der Waals surface area contributed by atoms with Crippen LogP contribution in [-0.4, -0.2) is 71.3 Å². The van der Waals surface area contributed by atoms with Crippen LogP contribution in [0.4, 0.5) is 10.1 Å². The van der Waals surface area contributed by atoms with Crippen LogP contribution in [0, 0.1) is 12.7 Å². The van der Waals surface area contributed by atoms with Crippen molar-refractivity contribution < 1.29 is 32.7 Å². The SMILES string of the molecule is COCOc1c(N(CCP(C)(C)=O)C(=O)CNCc2ccc(F)cc2)c(C)c(OCOC)c2ncccc12. The molecule has 1 amide bonds. The van der Waals surface area contributed by atoms with Gasteiger partial charge in [0.25, 0.3) is 0 Å². The molecule has 9 nitrogen and oxygen atoms in total. The van der Waals surface area contributed by atoms with Crippen LogP contribution in [0.25, 0.3) is 10.9 Å². The lowest BCUT2D eigenvalue weighted by Crippen LogP contribution is -2.40. The molecule has 3 rings (SSSR count). The van der Waals surface area contributed by atoms with Crippen LogP contribution >= 0.6 is 7.14 Å². The number of benzene rings is 2. The van der Waals surface area contributed by atoms with Gasteiger partial charge in [-0.1, -0.05) is 12.1 Å². The highest BCUT2D eigenvalue weighted by molar-refractivity contribution is 7.62. The molecule has 0 saturated carbocycles. The topological polar surface area (TPSA) is 99.2 Å². The first kappa shape index (κ1) is 29.5. The smallest absolute Gasteiger partial charge is 0.241 e. The molecule has 3 aromatic rings. The Kier molecular flexibility index (Phi) is 10.6. The van der Waals surface area contributed by atoms with Crippen molar-refractivity contribution in [2.24, 2.45) is 0 Å². The van der Waals surface area contributed by atoms with Gasteiger partial charge in [-0.15, -0.1) is 0 Å². The minimum absolute atomic E-state index is 0.0163. The van der Waals surface area contributed by atoms with E-state index in [2.05, 4.69) is 10.3 Å². The Morgan fingerprint density at radius 3 is 2.34 bits per heavy atom. The van der Waals surface area contributed by atoms with Crippen LogP contribution in [0.3, 0.4) is 0 Å². The Labute approximate surface area is 222 Å². The van der Waals surface area contributed by atoms with Gasteiger partial charge in [0.2, 0.25) is 5.91 Å². The van der Waals surface area contributed by atoms with Crippen LogP contribution in [0.15, 0.2) is 42.6 Å². The predicted molar refractivity (Wildman–Crippen MR) is 146 cm³/mol. The molecule has 0 saturated heterocycles.